The number of amides is 1. The van der Waals surface area contributed by atoms with Crippen LogP contribution in [0.5, 0.6) is 5.75 Å². The molecule has 3 aromatic rings. The van der Waals surface area contributed by atoms with E-state index in [0.29, 0.717) is 10.7 Å². The first-order chi connectivity index (χ1) is 13.2. The number of para-hydroxylation sites is 1. The van der Waals surface area contributed by atoms with E-state index in [1.807, 2.05) is 0 Å². The molecular formula is C19H15ClF3N3O2. The largest absolute Gasteiger partial charge is 0.496 e. The van der Waals surface area contributed by atoms with Gasteiger partial charge in [-0.05, 0) is 37.3 Å². The number of carbonyl (C=O) groups excluding carboxylic acids is 1. The summed E-state index contributed by atoms with van der Waals surface area (Å²) in [6, 6.07) is 11.7. The monoisotopic (exact) mass is 409 g/mol. The lowest BCUT2D eigenvalue weighted by Gasteiger charge is -2.14. The molecule has 2 aromatic carbocycles. The number of methoxy groups -OCH3 is 1. The SMILES string of the molecule is COc1cc(-n2nc(C)cc2C(F)(F)F)ccc1C(=O)Nc1ccccc1Cl. The Kier molecular flexibility index (Phi) is 5.33. The van der Waals surface area contributed by atoms with Crippen LogP contribution in [0.2, 0.25) is 5.02 Å². The number of hydrogen-bond acceptors (Lipinski definition) is 3. The maximum Gasteiger partial charge on any atom is 0.433 e. The van der Waals surface area contributed by atoms with Crippen LogP contribution in [-0.2, 0) is 6.18 Å². The molecule has 3 rings (SSSR count). The Labute approximate surface area is 163 Å². The predicted octanol–water partition coefficient (Wildman–Crippen LogP) is 5.11. The Hall–Kier alpha value is -3.00. The van der Waals surface area contributed by atoms with Crippen molar-refractivity contribution in [1.82, 2.24) is 9.78 Å². The highest BCUT2D eigenvalue weighted by atomic mass is 35.5. The van der Waals surface area contributed by atoms with Crippen molar-refractivity contribution in [1.29, 1.82) is 0 Å². The van der Waals surface area contributed by atoms with E-state index in [1.165, 1.54) is 32.2 Å². The van der Waals surface area contributed by atoms with Gasteiger partial charge in [-0.25, -0.2) is 4.68 Å². The molecule has 1 amide bonds. The van der Waals surface area contributed by atoms with Crippen molar-refractivity contribution in [2.45, 2.75) is 13.1 Å². The van der Waals surface area contributed by atoms with Crippen LogP contribution >= 0.6 is 11.6 Å². The van der Waals surface area contributed by atoms with Crippen LogP contribution in [0, 0.1) is 6.92 Å². The minimum atomic E-state index is -4.57. The van der Waals surface area contributed by atoms with E-state index in [1.54, 1.807) is 24.3 Å². The molecule has 5 nitrogen and oxygen atoms in total. The van der Waals surface area contributed by atoms with Gasteiger partial charge in [0.05, 0.1) is 34.8 Å². The molecule has 1 aromatic heterocycles. The zero-order valence-electron chi connectivity index (χ0n) is 14.8. The van der Waals surface area contributed by atoms with Crippen LogP contribution in [0.3, 0.4) is 0 Å². The molecule has 0 aliphatic carbocycles. The number of aromatic nitrogens is 2. The average Bonchev–Trinajstić information content (AvgIpc) is 3.05. The van der Waals surface area contributed by atoms with E-state index in [9.17, 15) is 18.0 Å². The number of benzene rings is 2. The van der Waals surface area contributed by atoms with E-state index < -0.39 is 17.8 Å². The summed E-state index contributed by atoms with van der Waals surface area (Å²) in [4.78, 5) is 12.6. The van der Waals surface area contributed by atoms with Crippen molar-refractivity contribution in [3.8, 4) is 11.4 Å². The van der Waals surface area contributed by atoms with Crippen molar-refractivity contribution in [3.63, 3.8) is 0 Å². The Balaban J connectivity index is 1.98. The third-order valence-corrected chi connectivity index (χ3v) is 4.25. The fourth-order valence-electron chi connectivity index (χ4n) is 2.65. The van der Waals surface area contributed by atoms with Crippen LogP contribution in [0.4, 0.5) is 18.9 Å². The Morgan fingerprint density at radius 1 is 1.18 bits per heavy atom. The van der Waals surface area contributed by atoms with Gasteiger partial charge in [-0.2, -0.15) is 18.3 Å². The van der Waals surface area contributed by atoms with E-state index in [-0.39, 0.29) is 22.7 Å². The van der Waals surface area contributed by atoms with Crippen molar-refractivity contribution in [3.05, 3.63) is 70.5 Å². The first-order valence-corrected chi connectivity index (χ1v) is 8.46. The third-order valence-electron chi connectivity index (χ3n) is 3.92. The van der Waals surface area contributed by atoms with Crippen LogP contribution in [-0.4, -0.2) is 22.8 Å². The summed E-state index contributed by atoms with van der Waals surface area (Å²) in [5.41, 5.74) is -0.0373. The molecule has 1 N–H and O–H groups in total. The molecule has 1 heterocycles. The molecule has 0 spiro atoms. The van der Waals surface area contributed by atoms with Crippen molar-refractivity contribution >= 4 is 23.2 Å². The molecule has 0 aliphatic rings. The molecule has 0 saturated carbocycles. The van der Waals surface area contributed by atoms with Crippen LogP contribution in [0.15, 0.2) is 48.5 Å². The number of carbonyl (C=O) groups is 1. The standard InChI is InChI=1S/C19H15ClF3N3O2/c1-11-9-17(19(21,22)23)26(25-11)12-7-8-13(16(10-12)28-2)18(27)24-15-6-4-3-5-14(15)20/h3-10H,1-2H3,(H,24,27). The molecule has 0 saturated heterocycles. The first-order valence-electron chi connectivity index (χ1n) is 8.09. The van der Waals surface area contributed by atoms with Crippen LogP contribution in [0.1, 0.15) is 21.7 Å². The van der Waals surface area contributed by atoms with Gasteiger partial charge in [-0.3, -0.25) is 4.79 Å². The molecular weight excluding hydrogens is 395 g/mol. The molecule has 0 unspecified atom stereocenters. The van der Waals surface area contributed by atoms with Crippen molar-refractivity contribution < 1.29 is 22.7 Å². The fraction of sp³-hybridized carbons (Fsp3) is 0.158. The van der Waals surface area contributed by atoms with E-state index >= 15 is 0 Å². The molecule has 0 aliphatic heterocycles. The van der Waals surface area contributed by atoms with Gasteiger partial charge in [0.2, 0.25) is 0 Å². The Bertz CT molecular complexity index is 1030. The van der Waals surface area contributed by atoms with Gasteiger partial charge in [0.25, 0.3) is 5.91 Å². The molecule has 0 radical (unpaired) electrons. The molecule has 146 valence electrons. The molecule has 0 fully saturated rings. The maximum absolute atomic E-state index is 13.2. The smallest absolute Gasteiger partial charge is 0.433 e. The number of anilines is 1. The highest BCUT2D eigenvalue weighted by Gasteiger charge is 2.36. The summed E-state index contributed by atoms with van der Waals surface area (Å²) in [6.07, 6.45) is -4.57. The topological polar surface area (TPSA) is 56.2 Å². The van der Waals surface area contributed by atoms with Gasteiger partial charge in [-0.15, -0.1) is 0 Å². The predicted molar refractivity (Wildman–Crippen MR) is 99.3 cm³/mol. The molecule has 28 heavy (non-hydrogen) atoms. The lowest BCUT2D eigenvalue weighted by molar-refractivity contribution is -0.142. The highest BCUT2D eigenvalue weighted by molar-refractivity contribution is 6.33. The minimum absolute atomic E-state index is 0.100. The number of alkyl halides is 3. The second-order valence-corrected chi connectivity index (χ2v) is 6.31. The quantitative estimate of drug-likeness (QED) is 0.651. The van der Waals surface area contributed by atoms with Gasteiger partial charge >= 0.3 is 6.18 Å². The normalized spacial score (nSPS) is 11.4. The summed E-state index contributed by atoms with van der Waals surface area (Å²) >= 11 is 6.03. The van der Waals surface area contributed by atoms with Gasteiger partial charge in [0.1, 0.15) is 11.4 Å². The van der Waals surface area contributed by atoms with E-state index in [2.05, 4.69) is 10.4 Å². The molecule has 0 bridgehead atoms. The highest BCUT2D eigenvalue weighted by Crippen LogP contribution is 2.33. The Morgan fingerprint density at radius 3 is 2.54 bits per heavy atom. The number of aryl methyl sites for hydroxylation is 1. The summed E-state index contributed by atoms with van der Waals surface area (Å²) < 4.78 is 45.7. The van der Waals surface area contributed by atoms with Crippen LogP contribution in [0.25, 0.3) is 5.69 Å². The maximum atomic E-state index is 13.2. The van der Waals surface area contributed by atoms with Crippen molar-refractivity contribution in [2.75, 3.05) is 12.4 Å². The summed E-state index contributed by atoms with van der Waals surface area (Å²) in [5, 5.41) is 6.90. The lowest BCUT2D eigenvalue weighted by Crippen LogP contribution is -2.15. The summed E-state index contributed by atoms with van der Waals surface area (Å²) in [7, 11) is 1.32. The molecule has 0 atom stereocenters. The van der Waals surface area contributed by atoms with Gasteiger partial charge in [-0.1, -0.05) is 23.7 Å². The van der Waals surface area contributed by atoms with Gasteiger partial charge in [0, 0.05) is 6.07 Å². The first kappa shape index (κ1) is 19.8. The van der Waals surface area contributed by atoms with Crippen LogP contribution < -0.4 is 10.1 Å². The third kappa shape index (κ3) is 3.96. The average molecular weight is 410 g/mol. The van der Waals surface area contributed by atoms with E-state index in [0.717, 1.165) is 10.7 Å². The Morgan fingerprint density at radius 2 is 1.89 bits per heavy atom. The number of nitrogens with zero attached hydrogens (tertiary/aromatic N) is 2. The number of halogens is 4. The fourth-order valence-corrected chi connectivity index (χ4v) is 2.83. The number of hydrogen-bond donors (Lipinski definition) is 1. The van der Waals surface area contributed by atoms with Gasteiger partial charge in [0.15, 0.2) is 0 Å². The second kappa shape index (κ2) is 7.55. The second-order valence-electron chi connectivity index (χ2n) is 5.90. The lowest BCUT2D eigenvalue weighted by atomic mass is 10.1. The van der Waals surface area contributed by atoms with Gasteiger partial charge < -0.3 is 10.1 Å². The zero-order chi connectivity index (χ0) is 20.5. The zero-order valence-corrected chi connectivity index (χ0v) is 15.6. The van der Waals surface area contributed by atoms with E-state index in [4.69, 9.17) is 16.3 Å². The molecule has 9 heteroatoms. The summed E-state index contributed by atoms with van der Waals surface area (Å²) in [6.45, 7) is 1.47. The summed E-state index contributed by atoms with van der Waals surface area (Å²) in [5.74, 6) is -0.410. The number of rotatable bonds is 4. The van der Waals surface area contributed by atoms with Crippen molar-refractivity contribution in [2.24, 2.45) is 0 Å². The number of ether oxygens (including phenoxy) is 1. The number of nitrogens with one attached hydrogen (secondary N) is 1. The minimum Gasteiger partial charge on any atom is -0.496 e.